The number of amides is 1. The molecule has 2 aromatic carbocycles. The van der Waals surface area contributed by atoms with Gasteiger partial charge in [-0.3, -0.25) is 9.48 Å². The molecule has 0 fully saturated rings. The highest BCUT2D eigenvalue weighted by Crippen LogP contribution is 2.30. The molecule has 0 saturated carbocycles. The van der Waals surface area contributed by atoms with Gasteiger partial charge >= 0.3 is 0 Å². The summed E-state index contributed by atoms with van der Waals surface area (Å²) in [5, 5.41) is 8.74. The first-order valence-electron chi connectivity index (χ1n) is 8.91. The third-order valence-corrected chi connectivity index (χ3v) is 5.79. The smallest absolute Gasteiger partial charge is 0.265 e. The zero-order chi connectivity index (χ0) is 19.0. The van der Waals surface area contributed by atoms with E-state index in [1.807, 2.05) is 67.9 Å². The van der Waals surface area contributed by atoms with E-state index < -0.39 is 0 Å². The second kappa shape index (κ2) is 7.00. The maximum absolute atomic E-state index is 12.8. The van der Waals surface area contributed by atoms with E-state index in [2.05, 4.69) is 22.5 Å². The summed E-state index contributed by atoms with van der Waals surface area (Å²) in [6.07, 6.45) is 0. The predicted octanol–water partition coefficient (Wildman–Crippen LogP) is 5.32. The van der Waals surface area contributed by atoms with Crippen molar-refractivity contribution in [2.75, 3.05) is 5.32 Å². The summed E-state index contributed by atoms with van der Waals surface area (Å²) in [5.74, 6) is -0.0736. The normalized spacial score (nSPS) is 11.1. The van der Waals surface area contributed by atoms with Gasteiger partial charge in [0.05, 0.1) is 17.1 Å². The molecule has 4 nitrogen and oxygen atoms in total. The Balaban J connectivity index is 1.64. The standard InChI is InChI=1S/C22H21N3OS/c1-14-9-10-15(2)19(11-14)23-21(26)20-12-18-16(3)24-25(22(18)27-20)13-17-7-5-4-6-8-17/h4-12H,13H2,1-3H3,(H,23,26). The summed E-state index contributed by atoms with van der Waals surface area (Å²) in [6.45, 7) is 6.71. The SMILES string of the molecule is Cc1ccc(C)c(NC(=O)c2cc3c(C)nn(Cc4ccccc4)c3s2)c1. The van der Waals surface area contributed by atoms with Gasteiger partial charge in [-0.25, -0.2) is 0 Å². The minimum absolute atomic E-state index is 0.0736. The number of benzene rings is 2. The summed E-state index contributed by atoms with van der Waals surface area (Å²) >= 11 is 1.49. The first kappa shape index (κ1) is 17.5. The summed E-state index contributed by atoms with van der Waals surface area (Å²) < 4.78 is 1.99. The van der Waals surface area contributed by atoms with Crippen molar-refractivity contribution in [1.29, 1.82) is 0 Å². The van der Waals surface area contributed by atoms with Gasteiger partial charge in [0.25, 0.3) is 5.91 Å². The number of nitrogens with one attached hydrogen (secondary N) is 1. The third kappa shape index (κ3) is 3.51. The molecule has 0 spiro atoms. The predicted molar refractivity (Wildman–Crippen MR) is 112 cm³/mol. The molecule has 0 aliphatic rings. The van der Waals surface area contributed by atoms with Crippen LogP contribution in [0.1, 0.15) is 32.1 Å². The Hall–Kier alpha value is -2.92. The number of carbonyl (C=O) groups is 1. The number of anilines is 1. The van der Waals surface area contributed by atoms with E-state index in [9.17, 15) is 4.79 Å². The maximum Gasteiger partial charge on any atom is 0.265 e. The summed E-state index contributed by atoms with van der Waals surface area (Å²) in [7, 11) is 0. The van der Waals surface area contributed by atoms with Gasteiger partial charge in [0.15, 0.2) is 0 Å². The van der Waals surface area contributed by atoms with Crippen molar-refractivity contribution in [1.82, 2.24) is 9.78 Å². The van der Waals surface area contributed by atoms with E-state index in [0.717, 1.165) is 32.7 Å². The number of fused-ring (bicyclic) bond motifs is 1. The lowest BCUT2D eigenvalue weighted by molar-refractivity contribution is 0.103. The molecule has 4 rings (SSSR count). The second-order valence-electron chi connectivity index (χ2n) is 6.83. The average molecular weight is 375 g/mol. The van der Waals surface area contributed by atoms with Gasteiger partial charge in [0, 0.05) is 11.1 Å². The molecule has 0 radical (unpaired) electrons. The van der Waals surface area contributed by atoms with Gasteiger partial charge in [-0.2, -0.15) is 5.10 Å². The van der Waals surface area contributed by atoms with E-state index >= 15 is 0 Å². The number of rotatable bonds is 4. The van der Waals surface area contributed by atoms with Gasteiger partial charge < -0.3 is 5.32 Å². The van der Waals surface area contributed by atoms with Crippen LogP contribution in [-0.2, 0) is 6.54 Å². The van der Waals surface area contributed by atoms with Crippen molar-refractivity contribution in [2.45, 2.75) is 27.3 Å². The molecule has 27 heavy (non-hydrogen) atoms. The fourth-order valence-corrected chi connectivity index (χ4v) is 4.20. The van der Waals surface area contributed by atoms with Crippen LogP contribution in [0.3, 0.4) is 0 Å². The highest BCUT2D eigenvalue weighted by Gasteiger charge is 2.17. The molecule has 0 aliphatic heterocycles. The van der Waals surface area contributed by atoms with Crippen LogP contribution in [0, 0.1) is 20.8 Å². The fraction of sp³-hybridized carbons (Fsp3) is 0.182. The maximum atomic E-state index is 12.8. The van der Waals surface area contributed by atoms with Crippen LogP contribution >= 0.6 is 11.3 Å². The van der Waals surface area contributed by atoms with Crippen LogP contribution < -0.4 is 5.32 Å². The van der Waals surface area contributed by atoms with Crippen molar-refractivity contribution >= 4 is 33.1 Å². The van der Waals surface area contributed by atoms with Crippen molar-refractivity contribution in [3.8, 4) is 0 Å². The van der Waals surface area contributed by atoms with E-state index in [1.54, 1.807) is 0 Å². The summed E-state index contributed by atoms with van der Waals surface area (Å²) in [6, 6.07) is 18.3. The van der Waals surface area contributed by atoms with Gasteiger partial charge in [-0.15, -0.1) is 11.3 Å². The molecule has 0 unspecified atom stereocenters. The number of carbonyl (C=O) groups excluding carboxylic acids is 1. The van der Waals surface area contributed by atoms with Crippen molar-refractivity contribution in [3.05, 3.63) is 81.9 Å². The van der Waals surface area contributed by atoms with E-state index in [0.29, 0.717) is 11.4 Å². The van der Waals surface area contributed by atoms with Crippen LogP contribution in [0.25, 0.3) is 10.2 Å². The summed E-state index contributed by atoms with van der Waals surface area (Å²) in [4.78, 5) is 14.5. The van der Waals surface area contributed by atoms with Gasteiger partial charge in [0.1, 0.15) is 4.83 Å². The number of hydrogen-bond donors (Lipinski definition) is 1. The molecule has 5 heteroatoms. The molecule has 4 aromatic rings. The van der Waals surface area contributed by atoms with Crippen molar-refractivity contribution in [3.63, 3.8) is 0 Å². The number of thiophene rings is 1. The van der Waals surface area contributed by atoms with Gasteiger partial charge in [-0.1, -0.05) is 42.5 Å². The lowest BCUT2D eigenvalue weighted by Crippen LogP contribution is -2.11. The van der Waals surface area contributed by atoms with Crippen molar-refractivity contribution in [2.24, 2.45) is 0 Å². The molecule has 0 atom stereocenters. The average Bonchev–Trinajstić information content (AvgIpc) is 3.21. The number of nitrogens with zero attached hydrogens (tertiary/aromatic N) is 2. The second-order valence-corrected chi connectivity index (χ2v) is 7.86. The van der Waals surface area contributed by atoms with Gasteiger partial charge in [0.2, 0.25) is 0 Å². The highest BCUT2D eigenvalue weighted by atomic mass is 32.1. The Morgan fingerprint density at radius 3 is 2.63 bits per heavy atom. The molecular formula is C22H21N3OS. The zero-order valence-electron chi connectivity index (χ0n) is 15.6. The Bertz CT molecular complexity index is 1130. The third-order valence-electron chi connectivity index (χ3n) is 4.65. The first-order chi connectivity index (χ1) is 13.0. The van der Waals surface area contributed by atoms with Crippen LogP contribution in [0.4, 0.5) is 5.69 Å². The number of hydrogen-bond acceptors (Lipinski definition) is 3. The fourth-order valence-electron chi connectivity index (χ4n) is 3.14. The van der Waals surface area contributed by atoms with E-state index in [-0.39, 0.29) is 5.91 Å². The van der Waals surface area contributed by atoms with Crippen LogP contribution in [0.15, 0.2) is 54.6 Å². The largest absolute Gasteiger partial charge is 0.321 e. The Labute approximate surface area is 162 Å². The van der Waals surface area contributed by atoms with Crippen LogP contribution in [0.2, 0.25) is 0 Å². The van der Waals surface area contributed by atoms with E-state index in [1.165, 1.54) is 16.9 Å². The highest BCUT2D eigenvalue weighted by molar-refractivity contribution is 7.20. The van der Waals surface area contributed by atoms with Crippen LogP contribution in [-0.4, -0.2) is 15.7 Å². The Morgan fingerprint density at radius 2 is 1.85 bits per heavy atom. The van der Waals surface area contributed by atoms with Gasteiger partial charge in [-0.05, 0) is 49.6 Å². The monoisotopic (exact) mass is 375 g/mol. The lowest BCUT2D eigenvalue weighted by atomic mass is 10.1. The number of aromatic nitrogens is 2. The first-order valence-corrected chi connectivity index (χ1v) is 9.72. The minimum atomic E-state index is -0.0736. The molecular weight excluding hydrogens is 354 g/mol. The zero-order valence-corrected chi connectivity index (χ0v) is 16.4. The topological polar surface area (TPSA) is 46.9 Å². The molecule has 2 aromatic heterocycles. The molecule has 0 bridgehead atoms. The van der Waals surface area contributed by atoms with Crippen LogP contribution in [0.5, 0.6) is 0 Å². The quantitative estimate of drug-likeness (QED) is 0.524. The molecule has 0 aliphatic carbocycles. The Kier molecular flexibility index (Phi) is 4.54. The Morgan fingerprint density at radius 1 is 1.07 bits per heavy atom. The number of aryl methyl sites for hydroxylation is 3. The molecule has 2 heterocycles. The van der Waals surface area contributed by atoms with E-state index in [4.69, 9.17) is 0 Å². The molecule has 1 N–H and O–H groups in total. The molecule has 0 saturated heterocycles. The summed E-state index contributed by atoms with van der Waals surface area (Å²) in [5.41, 5.74) is 5.18. The molecule has 1 amide bonds. The minimum Gasteiger partial charge on any atom is -0.321 e. The molecule has 136 valence electrons. The van der Waals surface area contributed by atoms with Crippen molar-refractivity contribution < 1.29 is 4.79 Å². The lowest BCUT2D eigenvalue weighted by Gasteiger charge is -2.08.